The van der Waals surface area contributed by atoms with Gasteiger partial charge in [-0.2, -0.15) is 0 Å². The van der Waals surface area contributed by atoms with Crippen molar-refractivity contribution in [2.75, 3.05) is 19.8 Å². The summed E-state index contributed by atoms with van der Waals surface area (Å²) in [5.41, 5.74) is 4.13. The van der Waals surface area contributed by atoms with Crippen molar-refractivity contribution in [2.24, 2.45) is 0 Å². The van der Waals surface area contributed by atoms with Crippen molar-refractivity contribution in [1.82, 2.24) is 19.9 Å². The third-order valence-electron chi connectivity index (χ3n) is 3.84. The summed E-state index contributed by atoms with van der Waals surface area (Å²) in [7, 11) is 0. The second-order valence-corrected chi connectivity index (χ2v) is 5.95. The molecule has 7 heteroatoms. The van der Waals surface area contributed by atoms with Gasteiger partial charge in [0.25, 0.3) is 5.91 Å². The number of ether oxygens (including phenoxy) is 1. The Morgan fingerprint density at radius 1 is 1.41 bits per heavy atom. The van der Waals surface area contributed by atoms with E-state index in [9.17, 15) is 4.79 Å². The second-order valence-electron chi connectivity index (χ2n) is 5.23. The number of hydrogen-bond acceptors (Lipinski definition) is 6. The lowest BCUT2D eigenvalue weighted by atomic mass is 10.1. The van der Waals surface area contributed by atoms with Crippen LogP contribution in [0.15, 0.2) is 23.3 Å². The standard InChI is InChI=1S/C15H18N4O2S/c1-11-13(17-5-4-16-11)3-2-12-8-21-7-6-19(12)15(20)14-9-22-10-18-14/h4-5,9-10,12H,2-3,6-8H2,1H3/t12-/m1/s1. The predicted octanol–water partition coefficient (Wildman–Crippen LogP) is 1.72. The summed E-state index contributed by atoms with van der Waals surface area (Å²) >= 11 is 1.44. The van der Waals surface area contributed by atoms with Crippen molar-refractivity contribution in [3.63, 3.8) is 0 Å². The molecule has 0 bridgehead atoms. The van der Waals surface area contributed by atoms with E-state index in [0.29, 0.717) is 25.5 Å². The molecule has 0 aliphatic carbocycles. The molecule has 1 fully saturated rings. The molecule has 0 saturated carbocycles. The number of carbonyl (C=O) groups excluding carboxylic acids is 1. The van der Waals surface area contributed by atoms with Gasteiger partial charge in [-0.05, 0) is 19.8 Å². The highest BCUT2D eigenvalue weighted by Crippen LogP contribution is 2.17. The number of thiazole rings is 1. The maximum Gasteiger partial charge on any atom is 0.273 e. The number of morpholine rings is 1. The Bertz CT molecular complexity index is 632. The minimum Gasteiger partial charge on any atom is -0.377 e. The fraction of sp³-hybridized carbons (Fsp3) is 0.467. The van der Waals surface area contributed by atoms with Crippen LogP contribution in [0.3, 0.4) is 0 Å². The highest BCUT2D eigenvalue weighted by molar-refractivity contribution is 7.07. The van der Waals surface area contributed by atoms with Gasteiger partial charge in [0.05, 0.1) is 36.2 Å². The van der Waals surface area contributed by atoms with Crippen molar-refractivity contribution >= 4 is 17.2 Å². The number of nitrogens with zero attached hydrogens (tertiary/aromatic N) is 4. The second kappa shape index (κ2) is 6.93. The SMILES string of the molecule is Cc1nccnc1CC[C@@H]1COCCN1C(=O)c1cscn1. The molecule has 2 aromatic heterocycles. The molecule has 1 aliphatic rings. The number of aromatic nitrogens is 3. The number of rotatable bonds is 4. The molecule has 0 unspecified atom stereocenters. The fourth-order valence-electron chi connectivity index (χ4n) is 2.61. The summed E-state index contributed by atoms with van der Waals surface area (Å²) in [4.78, 5) is 27.2. The van der Waals surface area contributed by atoms with Gasteiger partial charge in [0.1, 0.15) is 5.69 Å². The molecule has 0 spiro atoms. The summed E-state index contributed by atoms with van der Waals surface area (Å²) < 4.78 is 5.55. The zero-order valence-electron chi connectivity index (χ0n) is 12.4. The average Bonchev–Trinajstić information content (AvgIpc) is 3.08. The Morgan fingerprint density at radius 3 is 3.05 bits per heavy atom. The van der Waals surface area contributed by atoms with Gasteiger partial charge >= 0.3 is 0 Å². The fourth-order valence-corrected chi connectivity index (χ4v) is 3.14. The number of carbonyl (C=O) groups is 1. The Kier molecular flexibility index (Phi) is 4.74. The van der Waals surface area contributed by atoms with Crippen LogP contribution in [0.5, 0.6) is 0 Å². The van der Waals surface area contributed by atoms with Crippen molar-refractivity contribution in [2.45, 2.75) is 25.8 Å². The van der Waals surface area contributed by atoms with Crippen LogP contribution in [-0.2, 0) is 11.2 Å². The van der Waals surface area contributed by atoms with Gasteiger partial charge in [-0.25, -0.2) is 4.98 Å². The van der Waals surface area contributed by atoms with E-state index in [-0.39, 0.29) is 11.9 Å². The molecule has 1 saturated heterocycles. The van der Waals surface area contributed by atoms with Crippen molar-refractivity contribution in [3.05, 3.63) is 40.4 Å². The van der Waals surface area contributed by atoms with Gasteiger partial charge in [0.15, 0.2) is 0 Å². The summed E-state index contributed by atoms with van der Waals surface area (Å²) in [6.07, 6.45) is 5.00. The Labute approximate surface area is 133 Å². The normalized spacial score (nSPS) is 18.4. The minimum atomic E-state index is -0.00887. The molecule has 1 atom stereocenters. The third kappa shape index (κ3) is 3.31. The lowest BCUT2D eigenvalue weighted by Gasteiger charge is -2.35. The van der Waals surface area contributed by atoms with E-state index in [4.69, 9.17) is 4.74 Å². The van der Waals surface area contributed by atoms with Crippen LogP contribution >= 0.6 is 11.3 Å². The maximum atomic E-state index is 12.5. The molecule has 0 N–H and O–H groups in total. The van der Waals surface area contributed by atoms with Gasteiger partial charge in [-0.3, -0.25) is 14.8 Å². The van der Waals surface area contributed by atoms with E-state index in [1.165, 1.54) is 11.3 Å². The molecule has 0 radical (unpaired) electrons. The van der Waals surface area contributed by atoms with Crippen molar-refractivity contribution < 1.29 is 9.53 Å². The van der Waals surface area contributed by atoms with Crippen molar-refractivity contribution in [3.8, 4) is 0 Å². The molecule has 3 heterocycles. The van der Waals surface area contributed by atoms with E-state index in [2.05, 4.69) is 15.0 Å². The molecule has 1 amide bonds. The quantitative estimate of drug-likeness (QED) is 0.858. The summed E-state index contributed by atoms with van der Waals surface area (Å²) in [6, 6.07) is 0.0596. The Morgan fingerprint density at radius 2 is 2.27 bits per heavy atom. The first kappa shape index (κ1) is 15.1. The van der Waals surface area contributed by atoms with Crippen LogP contribution in [0.2, 0.25) is 0 Å². The van der Waals surface area contributed by atoms with Crippen LogP contribution in [0.4, 0.5) is 0 Å². The van der Waals surface area contributed by atoms with Crippen LogP contribution < -0.4 is 0 Å². The largest absolute Gasteiger partial charge is 0.377 e. The predicted molar refractivity (Wildman–Crippen MR) is 82.8 cm³/mol. The first-order chi connectivity index (χ1) is 10.8. The molecular formula is C15H18N4O2S. The highest BCUT2D eigenvalue weighted by atomic mass is 32.1. The Hall–Kier alpha value is -1.86. The first-order valence-electron chi connectivity index (χ1n) is 7.29. The van der Waals surface area contributed by atoms with E-state index >= 15 is 0 Å². The molecular weight excluding hydrogens is 300 g/mol. The molecule has 6 nitrogen and oxygen atoms in total. The van der Waals surface area contributed by atoms with E-state index in [1.807, 2.05) is 11.8 Å². The average molecular weight is 318 g/mol. The van der Waals surface area contributed by atoms with E-state index in [1.54, 1.807) is 23.3 Å². The summed E-state index contributed by atoms with van der Waals surface area (Å²) in [6.45, 7) is 3.71. The van der Waals surface area contributed by atoms with Crippen molar-refractivity contribution in [1.29, 1.82) is 0 Å². The number of aryl methyl sites for hydroxylation is 2. The molecule has 1 aliphatic heterocycles. The van der Waals surface area contributed by atoms with Crippen LogP contribution in [-0.4, -0.2) is 51.6 Å². The monoisotopic (exact) mass is 318 g/mol. The Balaban J connectivity index is 1.68. The smallest absolute Gasteiger partial charge is 0.273 e. The molecule has 116 valence electrons. The van der Waals surface area contributed by atoms with Gasteiger partial charge in [0.2, 0.25) is 0 Å². The van der Waals surface area contributed by atoms with E-state index in [0.717, 1.165) is 24.2 Å². The molecule has 2 aromatic rings. The van der Waals surface area contributed by atoms with Gasteiger partial charge in [-0.1, -0.05) is 0 Å². The van der Waals surface area contributed by atoms with Gasteiger partial charge in [0, 0.05) is 24.3 Å². The zero-order valence-corrected chi connectivity index (χ0v) is 13.3. The number of hydrogen-bond donors (Lipinski definition) is 0. The minimum absolute atomic E-state index is 0.00887. The number of amides is 1. The lowest BCUT2D eigenvalue weighted by Crippen LogP contribution is -2.49. The van der Waals surface area contributed by atoms with Crippen LogP contribution in [0, 0.1) is 6.92 Å². The van der Waals surface area contributed by atoms with Crippen LogP contribution in [0.1, 0.15) is 28.3 Å². The summed E-state index contributed by atoms with van der Waals surface area (Å²) in [5.74, 6) is -0.00887. The molecule has 3 rings (SSSR count). The maximum absolute atomic E-state index is 12.5. The topological polar surface area (TPSA) is 68.2 Å². The molecule has 0 aromatic carbocycles. The third-order valence-corrected chi connectivity index (χ3v) is 4.42. The summed E-state index contributed by atoms with van der Waals surface area (Å²) in [5, 5.41) is 1.79. The first-order valence-corrected chi connectivity index (χ1v) is 8.23. The lowest BCUT2D eigenvalue weighted by molar-refractivity contribution is -0.00440. The van der Waals surface area contributed by atoms with Gasteiger partial charge in [-0.15, -0.1) is 11.3 Å². The zero-order chi connectivity index (χ0) is 15.4. The van der Waals surface area contributed by atoms with E-state index < -0.39 is 0 Å². The van der Waals surface area contributed by atoms with Gasteiger partial charge < -0.3 is 9.64 Å². The highest BCUT2D eigenvalue weighted by Gasteiger charge is 2.28. The van der Waals surface area contributed by atoms with Crippen LogP contribution in [0.25, 0.3) is 0 Å². The molecule has 22 heavy (non-hydrogen) atoms.